The van der Waals surface area contributed by atoms with Gasteiger partial charge in [0, 0.05) is 54.6 Å². The number of fused-ring (bicyclic) bond motifs is 4. The van der Waals surface area contributed by atoms with E-state index in [2.05, 4.69) is 0 Å². The maximum Gasteiger partial charge on any atom is 0.220 e. The highest BCUT2D eigenvalue weighted by Gasteiger charge is 2.39. The molecule has 54 heavy (non-hydrogen) atoms. The van der Waals surface area contributed by atoms with Crippen molar-refractivity contribution >= 4 is 0 Å². The zero-order valence-corrected chi connectivity index (χ0v) is 27.1. The van der Waals surface area contributed by atoms with Gasteiger partial charge in [-0.3, -0.25) is 0 Å². The molecule has 11 N–H and O–H groups in total. The minimum Gasteiger partial charge on any atom is -0.508 e. The van der Waals surface area contributed by atoms with E-state index in [1.54, 1.807) is 0 Å². The molecule has 2 aliphatic rings. The third kappa shape index (κ3) is 5.27. The fourth-order valence-corrected chi connectivity index (χ4v) is 5.94. The monoisotopic (exact) mass is 740 g/mol. The van der Waals surface area contributed by atoms with E-state index in [0.29, 0.717) is 0 Å². The average molecular weight is 741 g/mol. The molecule has 17 heteroatoms. The molecule has 0 amide bonds. The number of hydrogen-bond acceptors (Lipinski definition) is 17. The number of hydrogen-bond donors (Lipinski definition) is 11. The molecule has 6 aromatic rings. The lowest BCUT2D eigenvalue weighted by atomic mass is 9.98. The van der Waals surface area contributed by atoms with Crippen molar-refractivity contribution in [3.63, 3.8) is 0 Å². The van der Waals surface area contributed by atoms with Crippen LogP contribution in [0.3, 0.4) is 0 Å². The third-order valence-corrected chi connectivity index (χ3v) is 8.16. The molecule has 8 rings (SSSR count). The average Bonchev–Trinajstić information content (AvgIpc) is 3.08. The standard InChI is InChI=1S/C37H24O17/c1-12-2-21(44)32-36(28(12)49-17-5-13(38)3-14(39)6-17)53-29-22(45)9-19(42)26(34(29)51-32)27-20(43)10-23(46)30-35(27)52-33-25(48)11-24(47)31(37(33)54-30)50-18-7-15(40)4-16(41)8-18/h2-11,38-48H,1H3. The summed E-state index contributed by atoms with van der Waals surface area (Å²) in [4.78, 5) is 0. The maximum absolute atomic E-state index is 11.3. The smallest absolute Gasteiger partial charge is 0.220 e. The van der Waals surface area contributed by atoms with Gasteiger partial charge in [0.15, 0.2) is 46.0 Å². The molecule has 0 aliphatic carbocycles. The SMILES string of the molecule is Cc1cc(O)c2c(c1Oc1cc(O)cc(O)c1)Oc1c(O)cc(O)c(-c3c(O)cc(O)c4c3Oc3c(O)cc(O)c(Oc5cc(O)cc(O)c5)c3O4)c1O2. The summed E-state index contributed by atoms with van der Waals surface area (Å²) < 4.78 is 35.4. The molecule has 2 heterocycles. The van der Waals surface area contributed by atoms with Gasteiger partial charge in [-0.1, -0.05) is 0 Å². The zero-order valence-electron chi connectivity index (χ0n) is 27.1. The summed E-state index contributed by atoms with van der Waals surface area (Å²) in [6.45, 7) is 1.54. The van der Waals surface area contributed by atoms with Crippen molar-refractivity contribution in [2.45, 2.75) is 6.92 Å². The van der Waals surface area contributed by atoms with Gasteiger partial charge >= 0.3 is 0 Å². The second-order valence-electron chi connectivity index (χ2n) is 12.0. The second kappa shape index (κ2) is 11.7. The Kier molecular flexibility index (Phi) is 7.19. The van der Waals surface area contributed by atoms with Crippen LogP contribution in [0.15, 0.2) is 60.7 Å². The van der Waals surface area contributed by atoms with Crippen LogP contribution in [0.1, 0.15) is 5.56 Å². The maximum atomic E-state index is 11.3. The molecule has 0 radical (unpaired) electrons. The predicted molar refractivity (Wildman–Crippen MR) is 181 cm³/mol. The van der Waals surface area contributed by atoms with E-state index >= 15 is 0 Å². The van der Waals surface area contributed by atoms with Gasteiger partial charge in [-0.05, 0) is 18.6 Å². The van der Waals surface area contributed by atoms with Crippen LogP contribution >= 0.6 is 0 Å². The molecule has 0 saturated carbocycles. The summed E-state index contributed by atoms with van der Waals surface area (Å²) >= 11 is 0. The molecule has 0 saturated heterocycles. The predicted octanol–water partition coefficient (Wildman–Crippen LogP) is 7.80. The van der Waals surface area contributed by atoms with Gasteiger partial charge in [0.1, 0.15) is 46.0 Å². The summed E-state index contributed by atoms with van der Waals surface area (Å²) in [6.07, 6.45) is 0. The molecule has 2 aliphatic heterocycles. The summed E-state index contributed by atoms with van der Waals surface area (Å²) in [7, 11) is 0. The number of benzene rings is 6. The van der Waals surface area contributed by atoms with Gasteiger partial charge in [0.25, 0.3) is 0 Å². The number of ether oxygens (including phenoxy) is 6. The Morgan fingerprint density at radius 3 is 1.11 bits per heavy atom. The van der Waals surface area contributed by atoms with E-state index in [4.69, 9.17) is 28.4 Å². The molecule has 0 fully saturated rings. The highest BCUT2D eigenvalue weighted by molar-refractivity contribution is 5.93. The molecule has 0 aromatic heterocycles. The molecule has 17 nitrogen and oxygen atoms in total. The first-order chi connectivity index (χ1) is 25.7. The van der Waals surface area contributed by atoms with Crippen LogP contribution in [0.5, 0.6) is 132 Å². The topological polar surface area (TPSA) is 278 Å². The normalized spacial score (nSPS) is 12.1. The minimum atomic E-state index is -0.762. The number of phenols is 11. The van der Waals surface area contributed by atoms with Gasteiger partial charge in [-0.2, -0.15) is 0 Å². The van der Waals surface area contributed by atoms with Crippen LogP contribution in [0, 0.1) is 6.92 Å². The molecule has 0 spiro atoms. The number of rotatable bonds is 5. The van der Waals surface area contributed by atoms with E-state index < -0.39 is 109 Å². The molecule has 0 bridgehead atoms. The van der Waals surface area contributed by atoms with Crippen molar-refractivity contribution in [3.8, 4) is 143 Å². The van der Waals surface area contributed by atoms with Crippen molar-refractivity contribution < 1.29 is 84.6 Å². The molecule has 274 valence electrons. The summed E-state index contributed by atoms with van der Waals surface area (Å²) in [5.41, 5.74) is -0.621. The van der Waals surface area contributed by atoms with Crippen molar-refractivity contribution in [2.75, 3.05) is 0 Å². The lowest BCUT2D eigenvalue weighted by molar-refractivity contribution is 0.298. The molecule has 0 unspecified atom stereocenters. The highest BCUT2D eigenvalue weighted by atomic mass is 16.6. The zero-order chi connectivity index (χ0) is 38.3. The summed E-state index contributed by atoms with van der Waals surface area (Å²) in [5.74, 6) is -10.9. The van der Waals surface area contributed by atoms with Gasteiger partial charge in [0.05, 0.1) is 11.1 Å². The Hall–Kier alpha value is -8.08. The van der Waals surface area contributed by atoms with Gasteiger partial charge in [-0.15, -0.1) is 0 Å². The van der Waals surface area contributed by atoms with E-state index in [-0.39, 0.29) is 40.1 Å². The Morgan fingerprint density at radius 2 is 0.667 bits per heavy atom. The van der Waals surface area contributed by atoms with Crippen molar-refractivity contribution in [2.24, 2.45) is 0 Å². The number of aromatic hydroxyl groups is 11. The van der Waals surface area contributed by atoms with Gasteiger partial charge in [0.2, 0.25) is 40.2 Å². The Morgan fingerprint density at radius 1 is 0.333 bits per heavy atom. The van der Waals surface area contributed by atoms with Crippen LogP contribution in [-0.4, -0.2) is 56.2 Å². The second-order valence-corrected chi connectivity index (χ2v) is 12.0. The highest BCUT2D eigenvalue weighted by Crippen LogP contribution is 2.67. The first-order valence-corrected chi connectivity index (χ1v) is 15.4. The van der Waals surface area contributed by atoms with Crippen molar-refractivity contribution in [1.82, 2.24) is 0 Å². The molecule has 6 aromatic carbocycles. The van der Waals surface area contributed by atoms with Gasteiger partial charge in [-0.25, -0.2) is 0 Å². The first kappa shape index (κ1) is 33.1. The summed E-state index contributed by atoms with van der Waals surface area (Å²) in [6, 6.07) is 10.3. The number of phenolic OH excluding ortho intramolecular Hbond substituents is 11. The first-order valence-electron chi connectivity index (χ1n) is 15.4. The van der Waals surface area contributed by atoms with Crippen molar-refractivity contribution in [1.29, 1.82) is 0 Å². The Balaban J connectivity index is 1.26. The van der Waals surface area contributed by atoms with Crippen LogP contribution in [0.2, 0.25) is 0 Å². The lowest BCUT2D eigenvalue weighted by Gasteiger charge is -2.29. The fraction of sp³-hybridized carbons (Fsp3) is 0.0270. The summed E-state index contributed by atoms with van der Waals surface area (Å²) in [5, 5.41) is 117. The molecular weight excluding hydrogens is 716 g/mol. The van der Waals surface area contributed by atoms with E-state index in [9.17, 15) is 56.2 Å². The molecular formula is C37H24O17. The quantitative estimate of drug-likeness (QED) is 0.0802. The molecule has 0 atom stereocenters. The van der Waals surface area contributed by atoms with E-state index in [0.717, 1.165) is 42.5 Å². The lowest BCUT2D eigenvalue weighted by Crippen LogP contribution is -2.06. The number of aryl methyl sites for hydroxylation is 1. The fourth-order valence-electron chi connectivity index (χ4n) is 5.94. The van der Waals surface area contributed by atoms with E-state index in [1.165, 1.54) is 25.1 Å². The third-order valence-electron chi connectivity index (χ3n) is 8.16. The van der Waals surface area contributed by atoms with Crippen LogP contribution in [-0.2, 0) is 0 Å². The van der Waals surface area contributed by atoms with Crippen LogP contribution in [0.4, 0.5) is 0 Å². The van der Waals surface area contributed by atoms with Crippen LogP contribution < -0.4 is 28.4 Å². The van der Waals surface area contributed by atoms with Crippen LogP contribution in [0.25, 0.3) is 11.1 Å². The van der Waals surface area contributed by atoms with E-state index in [1.807, 2.05) is 0 Å². The Bertz CT molecular complexity index is 2380. The van der Waals surface area contributed by atoms with Gasteiger partial charge < -0.3 is 84.6 Å². The van der Waals surface area contributed by atoms with Crippen molar-refractivity contribution in [3.05, 3.63) is 66.2 Å². The Labute approximate surface area is 300 Å². The largest absolute Gasteiger partial charge is 0.508 e. The minimum absolute atomic E-state index is 0.0447.